The summed E-state index contributed by atoms with van der Waals surface area (Å²) in [4.78, 5) is 26.7. The standard InChI is InChI=1S/C13H12N2O3S/c1-8(12-15-10(7-19-12)13(17)18)11(16)14-9-5-3-2-4-6-9/h2-8H,1H3,(H,14,16)(H,17,18)/t8-/m0/s1. The van der Waals surface area contributed by atoms with Crippen LogP contribution in [0, 0.1) is 0 Å². The molecule has 2 N–H and O–H groups in total. The molecule has 0 saturated heterocycles. The number of nitrogens with one attached hydrogen (secondary N) is 1. The van der Waals surface area contributed by atoms with Gasteiger partial charge in [-0.15, -0.1) is 11.3 Å². The predicted octanol–water partition coefficient (Wildman–Crippen LogP) is 2.58. The molecule has 0 aliphatic heterocycles. The lowest BCUT2D eigenvalue weighted by Gasteiger charge is -2.09. The van der Waals surface area contributed by atoms with E-state index in [9.17, 15) is 9.59 Å². The van der Waals surface area contributed by atoms with Crippen molar-refractivity contribution in [2.24, 2.45) is 0 Å². The molecule has 19 heavy (non-hydrogen) atoms. The summed E-state index contributed by atoms with van der Waals surface area (Å²) in [7, 11) is 0. The fourth-order valence-electron chi connectivity index (χ4n) is 1.47. The van der Waals surface area contributed by atoms with Crippen molar-refractivity contribution in [3.63, 3.8) is 0 Å². The van der Waals surface area contributed by atoms with Gasteiger partial charge in [-0.2, -0.15) is 0 Å². The number of rotatable bonds is 4. The number of anilines is 1. The monoisotopic (exact) mass is 276 g/mol. The summed E-state index contributed by atoms with van der Waals surface area (Å²) in [5.41, 5.74) is 0.675. The first kappa shape index (κ1) is 13.2. The highest BCUT2D eigenvalue weighted by atomic mass is 32.1. The molecule has 0 bridgehead atoms. The smallest absolute Gasteiger partial charge is 0.355 e. The van der Waals surface area contributed by atoms with E-state index in [0.29, 0.717) is 10.7 Å². The van der Waals surface area contributed by atoms with E-state index >= 15 is 0 Å². The van der Waals surface area contributed by atoms with Gasteiger partial charge in [0.1, 0.15) is 5.01 Å². The molecule has 1 aromatic carbocycles. The van der Waals surface area contributed by atoms with Crippen LogP contribution in [0.5, 0.6) is 0 Å². The van der Waals surface area contributed by atoms with Gasteiger partial charge in [-0.1, -0.05) is 18.2 Å². The van der Waals surface area contributed by atoms with E-state index < -0.39 is 11.9 Å². The van der Waals surface area contributed by atoms with Gasteiger partial charge in [0.05, 0.1) is 5.92 Å². The highest BCUT2D eigenvalue weighted by Gasteiger charge is 2.20. The lowest BCUT2D eigenvalue weighted by atomic mass is 10.1. The van der Waals surface area contributed by atoms with Crippen LogP contribution < -0.4 is 5.32 Å². The van der Waals surface area contributed by atoms with Crippen molar-refractivity contribution in [1.82, 2.24) is 4.98 Å². The Labute approximate surface area is 113 Å². The molecule has 0 unspecified atom stereocenters. The van der Waals surface area contributed by atoms with Crippen LogP contribution in [0.3, 0.4) is 0 Å². The summed E-state index contributed by atoms with van der Waals surface area (Å²) in [6.45, 7) is 1.70. The molecule has 0 aliphatic carbocycles. The lowest BCUT2D eigenvalue weighted by Crippen LogP contribution is -2.18. The summed E-state index contributed by atoms with van der Waals surface area (Å²) >= 11 is 1.17. The highest BCUT2D eigenvalue weighted by Crippen LogP contribution is 2.21. The quantitative estimate of drug-likeness (QED) is 0.899. The highest BCUT2D eigenvalue weighted by molar-refractivity contribution is 7.10. The Kier molecular flexibility index (Phi) is 3.91. The number of thiazole rings is 1. The van der Waals surface area contributed by atoms with E-state index in [4.69, 9.17) is 5.11 Å². The van der Waals surface area contributed by atoms with Crippen LogP contribution in [0.1, 0.15) is 28.3 Å². The summed E-state index contributed by atoms with van der Waals surface area (Å²) in [6.07, 6.45) is 0. The maximum atomic E-state index is 12.0. The second-order valence-electron chi connectivity index (χ2n) is 3.95. The zero-order chi connectivity index (χ0) is 13.8. The van der Waals surface area contributed by atoms with Gasteiger partial charge in [0.25, 0.3) is 0 Å². The number of carbonyl (C=O) groups excluding carboxylic acids is 1. The number of aromatic carboxylic acids is 1. The Bertz CT molecular complexity index is 595. The minimum absolute atomic E-state index is 0.0284. The molecule has 1 heterocycles. The molecule has 0 spiro atoms. The molecule has 1 atom stereocenters. The Morgan fingerprint density at radius 3 is 2.58 bits per heavy atom. The van der Waals surface area contributed by atoms with Crippen LogP contribution in [-0.4, -0.2) is 22.0 Å². The van der Waals surface area contributed by atoms with Crippen LogP contribution in [0.4, 0.5) is 5.69 Å². The molecule has 0 radical (unpaired) electrons. The molecule has 6 heteroatoms. The maximum absolute atomic E-state index is 12.0. The van der Waals surface area contributed by atoms with Crippen molar-refractivity contribution in [2.75, 3.05) is 5.32 Å². The SMILES string of the molecule is C[C@@H](C(=O)Nc1ccccc1)c1nc(C(=O)O)cs1. The molecule has 0 saturated carbocycles. The maximum Gasteiger partial charge on any atom is 0.355 e. The van der Waals surface area contributed by atoms with E-state index in [1.807, 2.05) is 18.2 Å². The van der Waals surface area contributed by atoms with Gasteiger partial charge in [0.2, 0.25) is 5.91 Å². The third-order valence-corrected chi connectivity index (χ3v) is 3.57. The minimum atomic E-state index is -1.09. The summed E-state index contributed by atoms with van der Waals surface area (Å²) < 4.78 is 0. The predicted molar refractivity (Wildman–Crippen MR) is 72.6 cm³/mol. The Morgan fingerprint density at radius 1 is 1.32 bits per heavy atom. The summed E-state index contributed by atoms with van der Waals surface area (Å²) in [5, 5.41) is 13.5. The summed E-state index contributed by atoms with van der Waals surface area (Å²) in [5.74, 6) is -1.78. The van der Waals surface area contributed by atoms with Gasteiger partial charge in [0, 0.05) is 11.1 Å². The van der Waals surface area contributed by atoms with E-state index in [1.165, 1.54) is 16.7 Å². The van der Waals surface area contributed by atoms with Crippen LogP contribution >= 0.6 is 11.3 Å². The number of nitrogens with zero attached hydrogens (tertiary/aromatic N) is 1. The molecule has 2 rings (SSSR count). The molecule has 5 nitrogen and oxygen atoms in total. The normalized spacial score (nSPS) is 11.8. The van der Waals surface area contributed by atoms with E-state index in [-0.39, 0.29) is 11.6 Å². The van der Waals surface area contributed by atoms with Gasteiger partial charge in [-0.05, 0) is 19.1 Å². The van der Waals surface area contributed by atoms with E-state index in [1.54, 1.807) is 19.1 Å². The average molecular weight is 276 g/mol. The molecule has 2 aromatic rings. The van der Waals surface area contributed by atoms with Crippen LogP contribution in [0.15, 0.2) is 35.7 Å². The van der Waals surface area contributed by atoms with Gasteiger partial charge in [-0.25, -0.2) is 9.78 Å². The Hall–Kier alpha value is -2.21. The fraction of sp³-hybridized carbons (Fsp3) is 0.154. The Morgan fingerprint density at radius 2 is 2.00 bits per heavy atom. The van der Waals surface area contributed by atoms with Crippen molar-refractivity contribution in [3.8, 4) is 0 Å². The topological polar surface area (TPSA) is 79.3 Å². The molecule has 1 amide bonds. The summed E-state index contributed by atoms with van der Waals surface area (Å²) in [6, 6.07) is 9.09. The van der Waals surface area contributed by atoms with E-state index in [2.05, 4.69) is 10.3 Å². The van der Waals surface area contributed by atoms with Crippen LogP contribution in [0.2, 0.25) is 0 Å². The number of carboxylic acid groups (broad SMARTS) is 1. The van der Waals surface area contributed by atoms with Crippen molar-refractivity contribution >= 4 is 28.9 Å². The minimum Gasteiger partial charge on any atom is -0.476 e. The third-order valence-electron chi connectivity index (χ3n) is 2.55. The largest absolute Gasteiger partial charge is 0.476 e. The number of para-hydroxylation sites is 1. The number of carboxylic acids is 1. The number of amides is 1. The van der Waals surface area contributed by atoms with Gasteiger partial charge >= 0.3 is 5.97 Å². The zero-order valence-corrected chi connectivity index (χ0v) is 11.0. The molecule has 98 valence electrons. The van der Waals surface area contributed by atoms with E-state index in [0.717, 1.165) is 0 Å². The first-order valence-corrected chi connectivity index (χ1v) is 6.50. The number of aromatic nitrogens is 1. The van der Waals surface area contributed by atoms with Crippen molar-refractivity contribution in [3.05, 3.63) is 46.4 Å². The van der Waals surface area contributed by atoms with Gasteiger partial charge in [-0.3, -0.25) is 4.79 Å². The molecule has 1 aromatic heterocycles. The molecule has 0 aliphatic rings. The molecule has 0 fully saturated rings. The average Bonchev–Trinajstić information content (AvgIpc) is 2.88. The zero-order valence-electron chi connectivity index (χ0n) is 10.2. The fourth-order valence-corrected chi connectivity index (χ4v) is 2.32. The first-order valence-electron chi connectivity index (χ1n) is 5.62. The number of carbonyl (C=O) groups is 2. The van der Waals surface area contributed by atoms with Gasteiger partial charge < -0.3 is 10.4 Å². The van der Waals surface area contributed by atoms with Crippen molar-refractivity contribution in [2.45, 2.75) is 12.8 Å². The molecular formula is C13H12N2O3S. The van der Waals surface area contributed by atoms with Gasteiger partial charge in [0.15, 0.2) is 5.69 Å². The first-order chi connectivity index (χ1) is 9.08. The second-order valence-corrected chi connectivity index (χ2v) is 4.84. The van der Waals surface area contributed by atoms with Crippen molar-refractivity contribution in [1.29, 1.82) is 0 Å². The third kappa shape index (κ3) is 3.17. The van der Waals surface area contributed by atoms with Crippen molar-refractivity contribution < 1.29 is 14.7 Å². The molecular weight excluding hydrogens is 264 g/mol. The Balaban J connectivity index is 2.08. The number of hydrogen-bond acceptors (Lipinski definition) is 4. The number of benzene rings is 1. The second kappa shape index (κ2) is 5.62. The van der Waals surface area contributed by atoms with Crippen LogP contribution in [0.25, 0.3) is 0 Å². The van der Waals surface area contributed by atoms with Crippen LogP contribution in [-0.2, 0) is 4.79 Å². The lowest BCUT2D eigenvalue weighted by molar-refractivity contribution is -0.117. The number of hydrogen-bond donors (Lipinski definition) is 2.